The number of rotatable bonds is 5. The zero-order chi connectivity index (χ0) is 21.1. The Morgan fingerprint density at radius 2 is 1.63 bits per heavy atom. The zero-order valence-electron chi connectivity index (χ0n) is 16.1. The number of Topliss-reactive ketones (excluding diaryl/α,β-unsaturated/α-hetero) is 1. The first-order chi connectivity index (χ1) is 14.5. The molecule has 30 heavy (non-hydrogen) atoms. The first kappa shape index (κ1) is 21.1. The van der Waals surface area contributed by atoms with Gasteiger partial charge in [0.2, 0.25) is 0 Å². The van der Waals surface area contributed by atoms with Crippen LogP contribution in [0.1, 0.15) is 22.0 Å². The smallest absolute Gasteiger partial charge is 0.176 e. The molecule has 0 radical (unpaired) electrons. The molecular weight excluding hydrogens is 441 g/mol. The molecule has 1 saturated heterocycles. The minimum atomic E-state index is 0.0277. The number of hydrogen-bond donors (Lipinski definition) is 0. The van der Waals surface area contributed by atoms with E-state index in [4.69, 9.17) is 34.8 Å². The summed E-state index contributed by atoms with van der Waals surface area (Å²) in [5.74, 6) is 0.0882. The molecule has 0 bridgehead atoms. The molecule has 7 heteroatoms. The second-order valence-corrected chi connectivity index (χ2v) is 8.53. The van der Waals surface area contributed by atoms with Crippen LogP contribution in [0.5, 0.6) is 0 Å². The van der Waals surface area contributed by atoms with E-state index in [1.54, 1.807) is 30.6 Å². The molecule has 1 fully saturated rings. The van der Waals surface area contributed by atoms with E-state index in [9.17, 15) is 4.79 Å². The SMILES string of the molecule is O=C(CN1CCN(c2ccc(Cl)cc2Cl)[C@H](c2ccc(Cl)cc2)C1)c1ccncc1. The van der Waals surface area contributed by atoms with Crippen molar-refractivity contribution in [1.29, 1.82) is 0 Å². The van der Waals surface area contributed by atoms with Gasteiger partial charge in [0.1, 0.15) is 0 Å². The Kier molecular flexibility index (Phi) is 6.59. The molecule has 0 spiro atoms. The maximum Gasteiger partial charge on any atom is 0.176 e. The van der Waals surface area contributed by atoms with Gasteiger partial charge in [-0.2, -0.15) is 0 Å². The van der Waals surface area contributed by atoms with Crippen LogP contribution in [0.2, 0.25) is 15.1 Å². The number of carbonyl (C=O) groups is 1. The molecule has 0 N–H and O–H groups in total. The maximum absolute atomic E-state index is 12.7. The summed E-state index contributed by atoms with van der Waals surface area (Å²) < 4.78 is 0. The van der Waals surface area contributed by atoms with E-state index in [-0.39, 0.29) is 11.8 Å². The van der Waals surface area contributed by atoms with Crippen molar-refractivity contribution in [1.82, 2.24) is 9.88 Å². The molecule has 3 aromatic rings. The second-order valence-electron chi connectivity index (χ2n) is 7.25. The van der Waals surface area contributed by atoms with Crippen molar-refractivity contribution < 1.29 is 4.79 Å². The maximum atomic E-state index is 12.7. The number of ketones is 1. The van der Waals surface area contributed by atoms with Crippen LogP contribution >= 0.6 is 34.8 Å². The molecule has 2 aromatic carbocycles. The molecule has 1 atom stereocenters. The van der Waals surface area contributed by atoms with E-state index in [1.807, 2.05) is 36.4 Å². The minimum absolute atomic E-state index is 0.0277. The number of halogens is 3. The normalized spacial score (nSPS) is 17.2. The fourth-order valence-corrected chi connectivity index (χ4v) is 4.43. The number of benzene rings is 2. The number of carbonyl (C=O) groups excluding carboxylic acids is 1. The Hall–Kier alpha value is -2.11. The first-order valence-corrected chi connectivity index (χ1v) is 10.8. The fraction of sp³-hybridized carbons (Fsp3) is 0.217. The predicted octanol–water partition coefficient (Wildman–Crippen LogP) is 5.79. The fourth-order valence-electron chi connectivity index (χ4n) is 3.79. The molecule has 1 aromatic heterocycles. The first-order valence-electron chi connectivity index (χ1n) is 9.64. The van der Waals surface area contributed by atoms with Crippen molar-refractivity contribution in [2.45, 2.75) is 6.04 Å². The van der Waals surface area contributed by atoms with Crippen molar-refractivity contribution in [2.24, 2.45) is 0 Å². The summed E-state index contributed by atoms with van der Waals surface area (Å²) in [5.41, 5.74) is 2.73. The Morgan fingerprint density at radius 1 is 0.933 bits per heavy atom. The van der Waals surface area contributed by atoms with Gasteiger partial charge in [-0.3, -0.25) is 14.7 Å². The highest BCUT2D eigenvalue weighted by Crippen LogP contribution is 2.36. The van der Waals surface area contributed by atoms with Gasteiger partial charge in [-0.25, -0.2) is 0 Å². The standard InChI is InChI=1S/C23H20Cl3N3O/c24-18-3-1-16(2-4-18)22-14-28(15-23(30)17-7-9-27-10-8-17)11-12-29(22)21-6-5-19(25)13-20(21)26/h1-10,13,22H,11-12,14-15H2/t22-/m0/s1. The number of pyridine rings is 1. The minimum Gasteiger partial charge on any atom is -0.361 e. The molecule has 4 rings (SSSR count). The lowest BCUT2D eigenvalue weighted by molar-refractivity contribution is 0.0914. The lowest BCUT2D eigenvalue weighted by atomic mass is 10.0. The third kappa shape index (κ3) is 4.79. The third-order valence-corrected chi connectivity index (χ3v) is 6.10. The van der Waals surface area contributed by atoms with Crippen LogP contribution in [0.15, 0.2) is 67.0 Å². The number of piperazine rings is 1. The Bertz CT molecular complexity index is 1030. The van der Waals surface area contributed by atoms with Gasteiger partial charge >= 0.3 is 0 Å². The summed E-state index contributed by atoms with van der Waals surface area (Å²) in [6.07, 6.45) is 3.29. The van der Waals surface area contributed by atoms with Crippen LogP contribution in [0.25, 0.3) is 0 Å². The molecule has 0 unspecified atom stereocenters. The number of anilines is 1. The van der Waals surface area contributed by atoms with Gasteiger partial charge in [0.15, 0.2) is 5.78 Å². The number of nitrogens with zero attached hydrogens (tertiary/aromatic N) is 3. The van der Waals surface area contributed by atoms with Gasteiger partial charge in [-0.1, -0.05) is 46.9 Å². The zero-order valence-corrected chi connectivity index (χ0v) is 18.4. The van der Waals surface area contributed by atoms with Crippen LogP contribution in [-0.2, 0) is 0 Å². The molecule has 1 aliphatic heterocycles. The van der Waals surface area contributed by atoms with Crippen molar-refractivity contribution in [3.8, 4) is 0 Å². The summed E-state index contributed by atoms with van der Waals surface area (Å²) in [4.78, 5) is 21.1. The van der Waals surface area contributed by atoms with Gasteiger partial charge in [0.25, 0.3) is 0 Å². The van der Waals surface area contributed by atoms with Crippen molar-refractivity contribution in [3.05, 3.63) is 93.2 Å². The number of hydrogen-bond acceptors (Lipinski definition) is 4. The summed E-state index contributed by atoms with van der Waals surface area (Å²) in [6.45, 7) is 2.53. The van der Waals surface area contributed by atoms with E-state index < -0.39 is 0 Å². The summed E-state index contributed by atoms with van der Waals surface area (Å²) in [6, 6.07) is 16.9. The van der Waals surface area contributed by atoms with E-state index in [1.165, 1.54) is 0 Å². The molecule has 0 amide bonds. The summed E-state index contributed by atoms with van der Waals surface area (Å²) >= 11 is 18.7. The van der Waals surface area contributed by atoms with E-state index in [0.29, 0.717) is 33.7 Å². The third-order valence-electron chi connectivity index (χ3n) is 5.31. The molecule has 154 valence electrons. The lowest BCUT2D eigenvalue weighted by Crippen LogP contribution is -2.50. The van der Waals surface area contributed by atoms with Gasteiger partial charge in [0, 0.05) is 47.6 Å². The Balaban J connectivity index is 1.60. The highest BCUT2D eigenvalue weighted by atomic mass is 35.5. The van der Waals surface area contributed by atoms with Crippen molar-refractivity contribution >= 4 is 46.3 Å². The molecule has 2 heterocycles. The second kappa shape index (κ2) is 9.36. The van der Waals surface area contributed by atoms with Crippen LogP contribution < -0.4 is 4.90 Å². The Labute approximate surface area is 191 Å². The topological polar surface area (TPSA) is 36.4 Å². The Morgan fingerprint density at radius 3 is 2.33 bits per heavy atom. The van der Waals surface area contributed by atoms with E-state index in [2.05, 4.69) is 14.8 Å². The van der Waals surface area contributed by atoms with Crippen LogP contribution in [0.3, 0.4) is 0 Å². The van der Waals surface area contributed by atoms with Gasteiger partial charge < -0.3 is 4.90 Å². The lowest BCUT2D eigenvalue weighted by Gasteiger charge is -2.43. The highest BCUT2D eigenvalue weighted by molar-refractivity contribution is 6.36. The summed E-state index contributed by atoms with van der Waals surface area (Å²) in [5, 5.41) is 1.91. The largest absolute Gasteiger partial charge is 0.361 e. The highest BCUT2D eigenvalue weighted by Gasteiger charge is 2.30. The average molecular weight is 461 g/mol. The van der Waals surface area contributed by atoms with Crippen LogP contribution in [-0.4, -0.2) is 41.8 Å². The van der Waals surface area contributed by atoms with Crippen LogP contribution in [0.4, 0.5) is 5.69 Å². The average Bonchev–Trinajstić information content (AvgIpc) is 2.75. The molecule has 1 aliphatic rings. The molecule has 0 aliphatic carbocycles. The van der Waals surface area contributed by atoms with Crippen LogP contribution in [0, 0.1) is 0 Å². The van der Waals surface area contributed by atoms with Crippen molar-refractivity contribution in [3.63, 3.8) is 0 Å². The predicted molar refractivity (Wildman–Crippen MR) is 123 cm³/mol. The van der Waals surface area contributed by atoms with E-state index in [0.717, 1.165) is 24.3 Å². The van der Waals surface area contributed by atoms with Gasteiger partial charge in [0.05, 0.1) is 23.3 Å². The molecule has 0 saturated carbocycles. The number of aromatic nitrogens is 1. The van der Waals surface area contributed by atoms with Gasteiger partial charge in [-0.15, -0.1) is 0 Å². The van der Waals surface area contributed by atoms with E-state index >= 15 is 0 Å². The van der Waals surface area contributed by atoms with Crippen molar-refractivity contribution in [2.75, 3.05) is 31.1 Å². The monoisotopic (exact) mass is 459 g/mol. The quantitative estimate of drug-likeness (QED) is 0.452. The van der Waals surface area contributed by atoms with Gasteiger partial charge in [-0.05, 0) is 48.0 Å². The molecule has 4 nitrogen and oxygen atoms in total. The molecular formula is C23H20Cl3N3O. The summed E-state index contributed by atoms with van der Waals surface area (Å²) in [7, 11) is 0.